The van der Waals surface area contributed by atoms with E-state index in [0.717, 1.165) is 0 Å². The molecule has 1 unspecified atom stereocenters. The van der Waals surface area contributed by atoms with Crippen LogP contribution in [0.1, 0.15) is 31.7 Å². The quantitative estimate of drug-likeness (QED) is 0.162. The second-order valence-corrected chi connectivity index (χ2v) is 6.32. The van der Waals surface area contributed by atoms with Crippen LogP contribution in [0.15, 0.2) is 15.8 Å². The zero-order chi connectivity index (χ0) is 21.3. The molecule has 1 aliphatic heterocycles. The second kappa shape index (κ2) is 8.05. The largest absolute Gasteiger partial charge is 0.394 e. The van der Waals surface area contributed by atoms with Gasteiger partial charge in [-0.15, -0.1) is 5.06 Å². The Kier molecular flexibility index (Phi) is 6.36. The molecule has 156 valence electrons. The Morgan fingerprint density at radius 3 is 2.68 bits per heavy atom. The van der Waals surface area contributed by atoms with Crippen molar-refractivity contribution in [1.29, 1.82) is 5.26 Å². The molecular weight excluding hydrogens is 383 g/mol. The molecule has 12 nitrogen and oxygen atoms in total. The van der Waals surface area contributed by atoms with Gasteiger partial charge in [0.2, 0.25) is 5.72 Å². The number of alkyl halides is 1. The molecule has 28 heavy (non-hydrogen) atoms. The number of nitrogens with one attached hydrogen (secondary N) is 1. The molecule has 1 aromatic rings. The molecule has 13 heteroatoms. The summed E-state index contributed by atoms with van der Waals surface area (Å²) in [4.78, 5) is 25.4. The van der Waals surface area contributed by atoms with Gasteiger partial charge in [0.25, 0.3) is 5.56 Å². The Labute approximate surface area is 157 Å². The Morgan fingerprint density at radius 2 is 2.14 bits per heavy atom. The van der Waals surface area contributed by atoms with Crippen LogP contribution in [0.4, 0.5) is 4.39 Å². The monoisotopic (exact) mass is 404 g/mol. The van der Waals surface area contributed by atoms with Crippen LogP contribution in [0.2, 0.25) is 0 Å². The lowest BCUT2D eigenvalue weighted by Crippen LogP contribution is -2.69. The first-order valence-corrected chi connectivity index (χ1v) is 8.38. The number of aromatic amines is 1. The third kappa shape index (κ3) is 3.25. The Balaban J connectivity index is 2.67. The van der Waals surface area contributed by atoms with E-state index < -0.39 is 58.6 Å². The summed E-state index contributed by atoms with van der Waals surface area (Å²) in [5.74, 6) is -3.38. The van der Waals surface area contributed by atoms with Crippen LogP contribution in [0, 0.1) is 11.3 Å². The van der Waals surface area contributed by atoms with Crippen LogP contribution in [0.3, 0.4) is 0 Å². The molecule has 1 fully saturated rings. The molecule has 0 spiro atoms. The van der Waals surface area contributed by atoms with E-state index in [2.05, 4.69) is 0 Å². The summed E-state index contributed by atoms with van der Waals surface area (Å²) in [7, 11) is 0. The zero-order valence-electron chi connectivity index (χ0n) is 14.8. The average molecular weight is 404 g/mol. The first-order chi connectivity index (χ1) is 13.1. The second-order valence-electron chi connectivity index (χ2n) is 6.32. The molecule has 6 N–H and O–H groups in total. The lowest BCUT2D eigenvalue weighted by Gasteiger charge is -2.43. The van der Waals surface area contributed by atoms with Crippen molar-refractivity contribution in [3.8, 4) is 6.07 Å². The van der Waals surface area contributed by atoms with Gasteiger partial charge in [-0.2, -0.15) is 5.26 Å². The summed E-state index contributed by atoms with van der Waals surface area (Å²) in [6.45, 7) is 0.743. The van der Waals surface area contributed by atoms with E-state index in [9.17, 15) is 39.6 Å². The number of ether oxygens (including phenoxy) is 1. The highest BCUT2D eigenvalue weighted by Gasteiger charge is 2.71. The normalized spacial score (nSPS) is 31.1. The molecule has 2 rings (SSSR count). The van der Waals surface area contributed by atoms with Crippen LogP contribution >= 0.6 is 0 Å². The molecule has 5 atom stereocenters. The fourth-order valence-corrected chi connectivity index (χ4v) is 2.95. The first kappa shape index (κ1) is 22.1. The Morgan fingerprint density at radius 1 is 1.50 bits per heavy atom. The molecule has 0 amide bonds. The Hall–Kier alpha value is -2.18. The number of aliphatic hydroxyl groups is 4. The van der Waals surface area contributed by atoms with Gasteiger partial charge >= 0.3 is 11.6 Å². The van der Waals surface area contributed by atoms with Gasteiger partial charge in [0.1, 0.15) is 23.8 Å². The third-order valence-electron chi connectivity index (χ3n) is 4.54. The number of aliphatic hydroxyl groups excluding tert-OH is 2. The van der Waals surface area contributed by atoms with Crippen molar-refractivity contribution in [3.05, 3.63) is 32.6 Å². The number of halogens is 1. The minimum Gasteiger partial charge on any atom is -0.394 e. The molecule has 0 radical (unpaired) electrons. The molecule has 0 aliphatic carbocycles. The highest BCUT2D eigenvalue weighted by atomic mass is 19.1. The molecular formula is C15H21FN4O8. The number of hydrogen-bond donors (Lipinski definition) is 6. The molecule has 0 aromatic carbocycles. The SMILES string of the molecule is CCCCC(F)N(O)[C@@]1(O)[C@H](O)[C@@H](CO)O[C@@]1(O)n1cc(C#N)c(=O)[nH]c1=O. The number of nitriles is 1. The average Bonchev–Trinajstić information content (AvgIpc) is 2.87. The molecule has 1 aromatic heterocycles. The molecule has 0 bridgehead atoms. The summed E-state index contributed by atoms with van der Waals surface area (Å²) >= 11 is 0. The number of aromatic nitrogens is 2. The molecule has 2 heterocycles. The number of nitrogens with zero attached hydrogens (tertiary/aromatic N) is 3. The van der Waals surface area contributed by atoms with Gasteiger partial charge in [0.05, 0.1) is 6.61 Å². The summed E-state index contributed by atoms with van der Waals surface area (Å²) in [5.41, 5.74) is -6.58. The highest BCUT2D eigenvalue weighted by molar-refractivity contribution is 5.22. The van der Waals surface area contributed by atoms with Crippen LogP contribution < -0.4 is 11.2 Å². The first-order valence-electron chi connectivity index (χ1n) is 8.38. The number of rotatable bonds is 7. The highest BCUT2D eigenvalue weighted by Crippen LogP contribution is 2.44. The van der Waals surface area contributed by atoms with Gasteiger partial charge in [-0.05, 0) is 12.8 Å². The van der Waals surface area contributed by atoms with Crippen LogP contribution in [0.5, 0.6) is 0 Å². The fraction of sp³-hybridized carbons (Fsp3) is 0.667. The smallest absolute Gasteiger partial charge is 0.332 e. The van der Waals surface area contributed by atoms with Gasteiger partial charge in [0, 0.05) is 6.20 Å². The Bertz CT molecular complexity index is 869. The maximum atomic E-state index is 14.4. The number of unbranched alkanes of at least 4 members (excludes halogenated alkanes) is 1. The van der Waals surface area contributed by atoms with Crippen molar-refractivity contribution >= 4 is 0 Å². The lowest BCUT2D eigenvalue weighted by molar-refractivity contribution is -0.428. The predicted octanol–water partition coefficient (Wildman–Crippen LogP) is -2.37. The van der Waals surface area contributed by atoms with Gasteiger partial charge < -0.3 is 30.4 Å². The summed E-state index contributed by atoms with van der Waals surface area (Å²) in [5, 5.41) is 60.2. The van der Waals surface area contributed by atoms with Crippen molar-refractivity contribution in [2.24, 2.45) is 0 Å². The van der Waals surface area contributed by atoms with Crippen molar-refractivity contribution in [3.63, 3.8) is 0 Å². The van der Waals surface area contributed by atoms with E-state index in [1.165, 1.54) is 6.07 Å². The lowest BCUT2D eigenvalue weighted by atomic mass is 10.00. The number of hydrogen-bond acceptors (Lipinski definition) is 10. The van der Waals surface area contributed by atoms with Crippen molar-refractivity contribution in [2.75, 3.05) is 6.61 Å². The van der Waals surface area contributed by atoms with E-state index in [1.807, 2.05) is 0 Å². The van der Waals surface area contributed by atoms with E-state index in [-0.39, 0.29) is 17.4 Å². The number of hydroxylamine groups is 2. The topological polar surface area (TPSA) is 192 Å². The maximum Gasteiger partial charge on any atom is 0.332 e. The van der Waals surface area contributed by atoms with Crippen LogP contribution in [-0.2, 0) is 10.6 Å². The summed E-state index contributed by atoms with van der Waals surface area (Å²) in [6.07, 6.45) is -5.37. The third-order valence-corrected chi connectivity index (χ3v) is 4.54. The zero-order valence-corrected chi connectivity index (χ0v) is 14.8. The van der Waals surface area contributed by atoms with Crippen molar-refractivity contribution in [1.82, 2.24) is 14.6 Å². The van der Waals surface area contributed by atoms with Crippen LogP contribution in [0.25, 0.3) is 0 Å². The predicted molar refractivity (Wildman–Crippen MR) is 87.2 cm³/mol. The summed E-state index contributed by atoms with van der Waals surface area (Å²) < 4.78 is 19.5. The van der Waals surface area contributed by atoms with E-state index in [4.69, 9.17) is 10.00 Å². The van der Waals surface area contributed by atoms with Gasteiger partial charge in [0.15, 0.2) is 6.30 Å². The standard InChI is InChI=1S/C15H21FN4O8/c1-2-3-4-10(16)20(27)14(25)11(22)9(7-21)28-15(14,26)19-6-8(5-17)12(23)18-13(19)24/h6,9-11,21-22,25-27H,2-4,7H2,1H3,(H,18,23,24)/t9-,10?,11-,14-,15-/m1/s1. The van der Waals surface area contributed by atoms with Crippen LogP contribution in [-0.4, -0.2) is 71.1 Å². The van der Waals surface area contributed by atoms with E-state index >= 15 is 0 Å². The molecule has 1 aliphatic rings. The number of H-pyrrole nitrogens is 1. The minimum absolute atomic E-state index is 0.113. The fourth-order valence-electron chi connectivity index (χ4n) is 2.95. The van der Waals surface area contributed by atoms with Gasteiger partial charge in [-0.25, -0.2) is 13.8 Å². The van der Waals surface area contributed by atoms with E-state index in [0.29, 0.717) is 12.6 Å². The van der Waals surface area contributed by atoms with Crippen molar-refractivity contribution < 1.29 is 34.8 Å². The minimum atomic E-state index is -3.39. The van der Waals surface area contributed by atoms with Gasteiger partial charge in [-0.3, -0.25) is 9.78 Å². The van der Waals surface area contributed by atoms with Gasteiger partial charge in [-0.1, -0.05) is 13.3 Å². The molecule has 0 saturated carbocycles. The van der Waals surface area contributed by atoms with Crippen molar-refractivity contribution in [2.45, 2.75) is 56.3 Å². The van der Waals surface area contributed by atoms with E-state index in [1.54, 1.807) is 11.9 Å². The summed E-state index contributed by atoms with van der Waals surface area (Å²) in [6, 6.07) is 1.43. The molecule has 1 saturated heterocycles. The maximum absolute atomic E-state index is 14.4.